The lowest BCUT2D eigenvalue weighted by Gasteiger charge is -2.06. The molecule has 0 aliphatic heterocycles. The zero-order valence-electron chi connectivity index (χ0n) is 15.0. The highest BCUT2D eigenvalue weighted by Gasteiger charge is 2.13. The molecule has 4 nitrogen and oxygen atoms in total. The highest BCUT2D eigenvalue weighted by molar-refractivity contribution is 6.32. The van der Waals surface area contributed by atoms with Crippen molar-refractivity contribution in [3.63, 3.8) is 0 Å². The predicted molar refractivity (Wildman–Crippen MR) is 106 cm³/mol. The Balaban J connectivity index is 1.74. The Bertz CT molecular complexity index is 1010. The molecule has 0 aliphatic carbocycles. The van der Waals surface area contributed by atoms with Crippen molar-refractivity contribution >= 4 is 29.3 Å². The first kappa shape index (κ1) is 18.9. The van der Waals surface area contributed by atoms with E-state index in [4.69, 9.17) is 11.6 Å². The number of benzene rings is 2. The van der Waals surface area contributed by atoms with Crippen LogP contribution in [0.25, 0.3) is 6.08 Å². The third-order valence-electron chi connectivity index (χ3n) is 4.17. The number of carbonyl (C=O) groups is 1. The molecule has 0 bridgehead atoms. The van der Waals surface area contributed by atoms with Crippen LogP contribution in [-0.2, 0) is 11.3 Å². The van der Waals surface area contributed by atoms with Gasteiger partial charge in [-0.15, -0.1) is 0 Å². The summed E-state index contributed by atoms with van der Waals surface area (Å²) in [5, 5.41) is 7.89. The summed E-state index contributed by atoms with van der Waals surface area (Å²) in [5.41, 5.74) is 3.72. The second kappa shape index (κ2) is 8.18. The average molecular weight is 384 g/mol. The maximum atomic E-state index is 13.4. The molecular weight excluding hydrogens is 365 g/mol. The first-order valence-electron chi connectivity index (χ1n) is 8.46. The summed E-state index contributed by atoms with van der Waals surface area (Å²) < 4.78 is 15.1. The van der Waals surface area contributed by atoms with Gasteiger partial charge in [0.25, 0.3) is 0 Å². The van der Waals surface area contributed by atoms with Gasteiger partial charge in [-0.2, -0.15) is 5.10 Å². The molecule has 3 aromatic rings. The number of hydrogen-bond acceptors (Lipinski definition) is 2. The Morgan fingerprint density at radius 2 is 2.00 bits per heavy atom. The van der Waals surface area contributed by atoms with Gasteiger partial charge in [-0.3, -0.25) is 9.48 Å². The normalized spacial score (nSPS) is 11.1. The van der Waals surface area contributed by atoms with E-state index in [2.05, 4.69) is 10.4 Å². The first-order valence-corrected chi connectivity index (χ1v) is 8.84. The van der Waals surface area contributed by atoms with E-state index in [0.717, 1.165) is 16.8 Å². The van der Waals surface area contributed by atoms with E-state index in [9.17, 15) is 9.18 Å². The van der Waals surface area contributed by atoms with Gasteiger partial charge in [-0.1, -0.05) is 41.9 Å². The molecule has 6 heteroatoms. The molecule has 3 rings (SSSR count). The largest absolute Gasteiger partial charge is 0.319 e. The van der Waals surface area contributed by atoms with Crippen molar-refractivity contribution in [1.29, 1.82) is 0 Å². The Hall–Kier alpha value is -2.92. The molecule has 1 amide bonds. The lowest BCUT2D eigenvalue weighted by atomic mass is 10.2. The number of carbonyl (C=O) groups excluding carboxylic acids is 1. The summed E-state index contributed by atoms with van der Waals surface area (Å²) in [6, 6.07) is 13.7. The van der Waals surface area contributed by atoms with E-state index in [0.29, 0.717) is 22.9 Å². The van der Waals surface area contributed by atoms with E-state index in [-0.39, 0.29) is 11.7 Å². The molecule has 0 saturated heterocycles. The SMILES string of the molecule is Cc1nn(Cc2cccc(F)c2)c(C)c1NC(=O)/C=C/c1ccccc1Cl. The van der Waals surface area contributed by atoms with Crippen molar-refractivity contribution in [3.8, 4) is 0 Å². The summed E-state index contributed by atoms with van der Waals surface area (Å²) in [4.78, 5) is 12.3. The maximum Gasteiger partial charge on any atom is 0.248 e. The van der Waals surface area contributed by atoms with Crippen LogP contribution in [0.15, 0.2) is 54.6 Å². The smallest absolute Gasteiger partial charge is 0.248 e. The van der Waals surface area contributed by atoms with Crippen molar-refractivity contribution in [1.82, 2.24) is 9.78 Å². The molecule has 0 spiro atoms. The summed E-state index contributed by atoms with van der Waals surface area (Å²) in [5.74, 6) is -0.557. The fourth-order valence-corrected chi connectivity index (χ4v) is 2.98. The standard InChI is InChI=1S/C21H19ClFN3O/c1-14-21(24-20(27)11-10-17-7-3-4-9-19(17)22)15(2)26(25-14)13-16-6-5-8-18(23)12-16/h3-12H,13H2,1-2H3,(H,24,27)/b11-10+. The Morgan fingerprint density at radius 1 is 1.22 bits per heavy atom. The van der Waals surface area contributed by atoms with Crippen molar-refractivity contribution in [2.24, 2.45) is 0 Å². The number of aromatic nitrogens is 2. The minimum Gasteiger partial charge on any atom is -0.319 e. The highest BCUT2D eigenvalue weighted by Crippen LogP contribution is 2.21. The van der Waals surface area contributed by atoms with Gasteiger partial charge in [-0.05, 0) is 49.2 Å². The molecule has 2 aromatic carbocycles. The molecule has 1 N–H and O–H groups in total. The number of rotatable bonds is 5. The fourth-order valence-electron chi connectivity index (χ4n) is 2.78. The monoisotopic (exact) mass is 383 g/mol. The van der Waals surface area contributed by atoms with E-state index in [1.54, 1.807) is 22.9 Å². The fraction of sp³-hybridized carbons (Fsp3) is 0.143. The maximum absolute atomic E-state index is 13.4. The zero-order chi connectivity index (χ0) is 19.4. The van der Waals surface area contributed by atoms with Crippen molar-refractivity contribution in [3.05, 3.63) is 88.0 Å². The minimum atomic E-state index is -0.285. The van der Waals surface area contributed by atoms with Gasteiger partial charge in [-0.25, -0.2) is 4.39 Å². The van der Waals surface area contributed by atoms with E-state index < -0.39 is 0 Å². The molecule has 1 aromatic heterocycles. The lowest BCUT2D eigenvalue weighted by molar-refractivity contribution is -0.111. The highest BCUT2D eigenvalue weighted by atomic mass is 35.5. The van der Waals surface area contributed by atoms with E-state index in [1.807, 2.05) is 38.1 Å². The van der Waals surface area contributed by atoms with E-state index >= 15 is 0 Å². The molecule has 1 heterocycles. The van der Waals surface area contributed by atoms with Crippen LogP contribution in [0.1, 0.15) is 22.5 Å². The van der Waals surface area contributed by atoms with Crippen LogP contribution in [0.5, 0.6) is 0 Å². The van der Waals surface area contributed by atoms with Crippen molar-refractivity contribution in [2.45, 2.75) is 20.4 Å². The molecule has 0 atom stereocenters. The number of amides is 1. The summed E-state index contributed by atoms with van der Waals surface area (Å²) >= 11 is 6.09. The molecule has 0 fully saturated rings. The second-order valence-corrected chi connectivity index (χ2v) is 6.58. The van der Waals surface area contributed by atoms with Crippen LogP contribution in [0.4, 0.5) is 10.1 Å². The van der Waals surface area contributed by atoms with E-state index in [1.165, 1.54) is 18.2 Å². The van der Waals surface area contributed by atoms with Crippen LogP contribution < -0.4 is 5.32 Å². The molecule has 0 aliphatic rings. The molecule has 0 saturated carbocycles. The van der Waals surface area contributed by atoms with Gasteiger partial charge in [0.05, 0.1) is 23.6 Å². The molecule has 0 radical (unpaired) electrons. The number of aryl methyl sites for hydroxylation is 1. The second-order valence-electron chi connectivity index (χ2n) is 6.18. The quantitative estimate of drug-likeness (QED) is 0.631. The van der Waals surface area contributed by atoms with Crippen LogP contribution in [0.2, 0.25) is 5.02 Å². The molecule has 27 heavy (non-hydrogen) atoms. The predicted octanol–water partition coefficient (Wildman–Crippen LogP) is 4.99. The van der Waals surface area contributed by atoms with Crippen LogP contribution in [-0.4, -0.2) is 15.7 Å². The minimum absolute atomic E-state index is 0.272. The zero-order valence-corrected chi connectivity index (χ0v) is 15.8. The Morgan fingerprint density at radius 3 is 2.74 bits per heavy atom. The number of nitrogens with zero attached hydrogens (tertiary/aromatic N) is 2. The molecule has 138 valence electrons. The van der Waals surface area contributed by atoms with Crippen molar-refractivity contribution < 1.29 is 9.18 Å². The summed E-state index contributed by atoms with van der Waals surface area (Å²) in [6.07, 6.45) is 3.10. The van der Waals surface area contributed by atoms with Gasteiger partial charge < -0.3 is 5.32 Å². The Kier molecular flexibility index (Phi) is 5.72. The van der Waals surface area contributed by atoms with Gasteiger partial charge in [0.1, 0.15) is 5.82 Å². The lowest BCUT2D eigenvalue weighted by Crippen LogP contribution is -2.10. The summed E-state index contributed by atoms with van der Waals surface area (Å²) in [7, 11) is 0. The van der Waals surface area contributed by atoms with Crippen LogP contribution in [0.3, 0.4) is 0 Å². The average Bonchev–Trinajstić information content (AvgIpc) is 2.88. The van der Waals surface area contributed by atoms with Gasteiger partial charge in [0.2, 0.25) is 5.91 Å². The third-order valence-corrected chi connectivity index (χ3v) is 4.51. The summed E-state index contributed by atoms with van der Waals surface area (Å²) in [6.45, 7) is 4.12. The van der Waals surface area contributed by atoms with Crippen LogP contribution in [0, 0.1) is 19.7 Å². The topological polar surface area (TPSA) is 46.9 Å². The third kappa shape index (κ3) is 4.63. The number of anilines is 1. The molecule has 0 unspecified atom stereocenters. The van der Waals surface area contributed by atoms with Gasteiger partial charge >= 0.3 is 0 Å². The number of nitrogens with one attached hydrogen (secondary N) is 1. The van der Waals surface area contributed by atoms with Crippen LogP contribution >= 0.6 is 11.6 Å². The Labute approximate surface area is 162 Å². The van der Waals surface area contributed by atoms with Gasteiger partial charge in [0.15, 0.2) is 0 Å². The molecular formula is C21H19ClFN3O. The number of hydrogen-bond donors (Lipinski definition) is 1. The number of halogens is 2. The van der Waals surface area contributed by atoms with Gasteiger partial charge in [0, 0.05) is 11.1 Å². The van der Waals surface area contributed by atoms with Crippen molar-refractivity contribution in [2.75, 3.05) is 5.32 Å². The first-order chi connectivity index (χ1) is 12.9.